The molecular weight excluding hydrogens is 1720 g/mol. The quantitative estimate of drug-likeness (QED) is 0.0379. The molecule has 0 atom stereocenters. The number of nitrogens with one attached hydrogen (secondary N) is 5. The Kier molecular flexibility index (Phi) is 22.9. The van der Waals surface area contributed by atoms with Crippen LogP contribution in [-0.4, -0.2) is 121 Å². The number of Topliss-reactive ketones (excluding diaryl/α,β-unsaturated/α-hetero) is 2. The number of benzene rings is 4. The van der Waals surface area contributed by atoms with Crippen molar-refractivity contribution in [3.63, 3.8) is 0 Å². The number of aromatic nitrogens is 12. The van der Waals surface area contributed by atoms with Crippen molar-refractivity contribution in [2.45, 2.75) is 216 Å². The summed E-state index contributed by atoms with van der Waals surface area (Å²) < 4.78 is 129. The zero-order valence-electron chi connectivity index (χ0n) is 68.9. The number of hydrogen-bond donors (Lipinski definition) is 10. The summed E-state index contributed by atoms with van der Waals surface area (Å²) in [7, 11) is -15.7. The predicted molar refractivity (Wildman–Crippen MR) is 468 cm³/mol. The van der Waals surface area contributed by atoms with Gasteiger partial charge in [0.15, 0.2) is 0 Å². The topological polar surface area (TPSA) is 541 Å². The molecule has 15 N–H and O–H groups in total. The molecule has 3 amide bonds. The number of fused-ring (bicyclic) bond motifs is 16. The maximum atomic E-state index is 14.4. The Morgan fingerprint density at radius 2 is 0.740 bits per heavy atom. The van der Waals surface area contributed by atoms with Crippen molar-refractivity contribution in [2.24, 2.45) is 26.4 Å². The van der Waals surface area contributed by atoms with Crippen LogP contribution in [0, 0.1) is 11.6 Å². The van der Waals surface area contributed by atoms with Crippen LogP contribution >= 0.6 is 0 Å². The van der Waals surface area contributed by atoms with Crippen molar-refractivity contribution in [1.82, 2.24) is 63.6 Å². The molecule has 8 aliphatic rings. The second kappa shape index (κ2) is 33.5. The van der Waals surface area contributed by atoms with Gasteiger partial charge in [-0.25, -0.2) is 98.8 Å². The minimum atomic E-state index is -4.14. The van der Waals surface area contributed by atoms with Gasteiger partial charge in [0.25, 0.3) is 0 Å². The van der Waals surface area contributed by atoms with Crippen LogP contribution in [0.15, 0.2) is 154 Å². The number of carbonyl (C=O) groups excluding carboxylic acids is 5. The second-order valence-corrected chi connectivity index (χ2v) is 40.2. The molecule has 37 nitrogen and oxygen atoms in total. The van der Waals surface area contributed by atoms with Crippen molar-refractivity contribution in [1.29, 1.82) is 0 Å². The lowest BCUT2D eigenvalue weighted by atomic mass is 9.75. The first-order valence-electron chi connectivity index (χ1n) is 41.7. The number of hydrogen-bond acceptors (Lipinski definition) is 26. The first kappa shape index (κ1) is 86.9. The molecule has 43 heteroatoms. The zero-order chi connectivity index (χ0) is 89.5. The second-order valence-electron chi connectivity index (χ2n) is 34.0. The summed E-state index contributed by atoms with van der Waals surface area (Å²) in [6, 6.07) is 26.6. The maximum Gasteiger partial charge on any atom is 0.249 e. The Bertz CT molecular complexity index is 6940. The number of halogens is 2. The highest BCUT2D eigenvalue weighted by molar-refractivity contribution is 7.90. The number of sulfonamides is 4. The minimum absolute atomic E-state index is 0.0112. The highest BCUT2D eigenvalue weighted by atomic mass is 32.2. The maximum absolute atomic E-state index is 14.4. The van der Waals surface area contributed by atoms with E-state index in [2.05, 4.69) is 74.9 Å². The van der Waals surface area contributed by atoms with Gasteiger partial charge in [-0.1, -0.05) is 77.0 Å². The number of anilines is 10. The molecule has 0 bridgehead atoms. The highest BCUT2D eigenvalue weighted by Crippen LogP contribution is 2.51. The van der Waals surface area contributed by atoms with Crippen LogP contribution in [0.3, 0.4) is 0 Å². The van der Waals surface area contributed by atoms with Gasteiger partial charge in [0.05, 0.1) is 55.4 Å². The van der Waals surface area contributed by atoms with Gasteiger partial charge in [-0.15, -0.1) is 0 Å². The molecule has 664 valence electrons. The summed E-state index contributed by atoms with van der Waals surface area (Å²) in [5, 5.41) is 38.1. The molecule has 4 saturated carbocycles. The molecule has 127 heavy (non-hydrogen) atoms. The van der Waals surface area contributed by atoms with Gasteiger partial charge >= 0.3 is 0 Å². The number of primary sulfonamides is 4. The molecule has 4 aromatic carbocycles. The van der Waals surface area contributed by atoms with Crippen LogP contribution in [0.5, 0.6) is 0 Å². The van der Waals surface area contributed by atoms with E-state index in [1.165, 1.54) is 72.2 Å². The van der Waals surface area contributed by atoms with Gasteiger partial charge in [0, 0.05) is 107 Å². The van der Waals surface area contributed by atoms with E-state index in [0.29, 0.717) is 78.3 Å². The van der Waals surface area contributed by atoms with Crippen molar-refractivity contribution in [3.8, 4) is 0 Å². The summed E-state index contributed by atoms with van der Waals surface area (Å²) in [6.07, 6.45) is 29.5. The van der Waals surface area contributed by atoms with Crippen LogP contribution in [-0.2, 0) is 99.1 Å². The summed E-state index contributed by atoms with van der Waals surface area (Å²) >= 11 is 0. The molecule has 0 radical (unpaired) electrons. The highest BCUT2D eigenvalue weighted by Gasteiger charge is 2.49. The largest absolute Gasteiger partial charge is 0.324 e. The lowest BCUT2D eigenvalue weighted by Crippen LogP contribution is -2.55. The molecule has 12 aromatic rings. The third-order valence-electron chi connectivity index (χ3n) is 25.2. The number of rotatable bonds is 13. The zero-order valence-corrected chi connectivity index (χ0v) is 72.2. The molecule has 4 aliphatic carbocycles. The SMILES string of the molecule is CC(=O)NN1C(=O)CC2(CCCCC2)n2c1cc1cnc(Nc3ccc(S(N)(=O)=O)cc3)nc12.NN1C(=O)CC2(CCCCC2)n2c1cc1cnc(Nc3ccc(S(N)(=O)=O)cc3)nc12.NS(=O)(=O)c1ccc(Nc2ncc3cc4n(c3n2)C2(CCCCC2)CC(=O)C4)c(F)c1.NS(=O)(=O)c1ccc(Nc2ncc3cc4n(c3n2)C2(CCCCC2)CC(=O)C4)cc1F. The van der Waals surface area contributed by atoms with E-state index in [-0.39, 0.29) is 84.6 Å². The molecule has 4 spiro atoms. The summed E-state index contributed by atoms with van der Waals surface area (Å²) in [4.78, 5) is 97.7. The van der Waals surface area contributed by atoms with Crippen molar-refractivity contribution >= 4 is 172 Å². The molecular formula is C84H92F2N24O13S4. The Balaban J connectivity index is 0.000000119. The van der Waals surface area contributed by atoms with Gasteiger partial charge in [0.2, 0.25) is 81.6 Å². The molecule has 8 aromatic heterocycles. The van der Waals surface area contributed by atoms with Crippen molar-refractivity contribution in [3.05, 3.63) is 157 Å². The van der Waals surface area contributed by atoms with Gasteiger partial charge in [0.1, 0.15) is 62.3 Å². The fourth-order valence-electron chi connectivity index (χ4n) is 19.7. The summed E-state index contributed by atoms with van der Waals surface area (Å²) in [5.74, 6) is 6.67. The number of amides is 3. The number of carbonyl (C=O) groups is 5. The van der Waals surface area contributed by atoms with E-state index in [0.717, 1.165) is 184 Å². The van der Waals surface area contributed by atoms with E-state index in [1.54, 1.807) is 49.1 Å². The first-order valence-corrected chi connectivity index (χ1v) is 47.9. The van der Waals surface area contributed by atoms with E-state index in [4.69, 9.17) is 36.4 Å². The molecule has 0 saturated heterocycles. The standard InChI is InChI=1S/C22H25N7O4S.2C21H22FN5O3S.C20H23N7O3S/c1-14(30)27-29-18-11-15-13-24-21(25-16-5-7-17(8-6-16)34(23,32)33)26-20(15)28(18)22(12-19(29)31)9-3-2-4-10-22;22-17-10-16(31(23,29)30)4-5-18(17)25-20-24-12-13-8-14-9-15(28)11-21(6-2-1-3-7-21)27(14)19(13)26-20;22-17-9-14(4-5-18(17)31(23,29)30)25-20-24-12-13-8-15-10-16(28)11-21(6-2-1-3-7-21)27(15)19(13)26-20;21-27-16-10-13-12-23-19(24-14-4-6-15(7-5-14)31(22,29)30)25-18(13)26(16)20(11-17(27)28)8-2-1-3-9-20/h5-8,11,13H,2-4,9-10,12H2,1H3,(H,27,30)(H2,23,32,33)(H,24,25,26);4-5,8,10,12H,1-3,6-7,9,11H2,(H2,23,29,30)(H,24,25,26);4-5,8-9,12H,1-3,6-7,10-11H2,(H2,23,29,30)(H,24,25,26);4-7,10,12H,1-3,8-9,11,21H2,(H2,22,29,30)(H,23,24,25). The smallest absolute Gasteiger partial charge is 0.249 e. The predicted octanol–water partition coefficient (Wildman–Crippen LogP) is 10.6. The fraction of sp³-hybridized carbons (Fsp3) is 0.369. The Hall–Kier alpha value is -12.2. The van der Waals surface area contributed by atoms with Crippen LogP contribution in [0.1, 0.15) is 172 Å². The van der Waals surface area contributed by atoms with E-state index < -0.39 is 62.2 Å². The molecule has 0 unspecified atom stereocenters. The minimum Gasteiger partial charge on any atom is -0.324 e. The third kappa shape index (κ3) is 17.4. The van der Waals surface area contributed by atoms with Gasteiger partial charge in [-0.05, 0) is 161 Å². The van der Waals surface area contributed by atoms with E-state index in [1.807, 2.05) is 24.3 Å². The molecule has 4 fully saturated rings. The molecule has 12 heterocycles. The van der Waals surface area contributed by atoms with Crippen LogP contribution < -0.4 is 63.1 Å². The Labute approximate surface area is 727 Å². The van der Waals surface area contributed by atoms with Crippen molar-refractivity contribution in [2.75, 3.05) is 31.3 Å². The average Bonchev–Trinajstić information content (AvgIpc) is 1.51. The number of hydrazine groups is 2. The normalized spacial score (nSPS) is 18.1. The Morgan fingerprint density at radius 1 is 0.386 bits per heavy atom. The third-order valence-corrected chi connectivity index (χ3v) is 28.9. The van der Waals surface area contributed by atoms with Gasteiger partial charge < -0.3 is 39.5 Å². The first-order chi connectivity index (χ1) is 60.4. The van der Waals surface area contributed by atoms with Crippen LogP contribution in [0.25, 0.3) is 44.1 Å². The van der Waals surface area contributed by atoms with Gasteiger partial charge in [-0.2, -0.15) is 19.9 Å². The lowest BCUT2D eigenvalue weighted by Gasteiger charge is -2.45. The van der Waals surface area contributed by atoms with E-state index >= 15 is 0 Å². The fourth-order valence-corrected chi connectivity index (χ4v) is 21.8. The average molecular weight is 1810 g/mol. The van der Waals surface area contributed by atoms with Crippen LogP contribution in [0.4, 0.5) is 67.0 Å². The number of nitrogens with zero attached hydrogens (tertiary/aromatic N) is 14. The lowest BCUT2D eigenvalue weighted by molar-refractivity contribution is -0.127. The molecule has 20 rings (SSSR count). The number of nitrogens with two attached hydrogens (primary N) is 5. The van der Waals surface area contributed by atoms with Crippen molar-refractivity contribution < 1.29 is 66.4 Å². The number of ketones is 2. The molecule has 4 aliphatic heterocycles. The van der Waals surface area contributed by atoms with Gasteiger partial charge in [-0.3, -0.25) is 29.4 Å². The Morgan fingerprint density at radius 3 is 1.13 bits per heavy atom. The van der Waals surface area contributed by atoms with E-state index in [9.17, 15) is 66.4 Å². The summed E-state index contributed by atoms with van der Waals surface area (Å²) in [6.45, 7) is 1.37. The monoisotopic (exact) mass is 1810 g/mol. The summed E-state index contributed by atoms with van der Waals surface area (Å²) in [5.41, 5.74) is 7.78. The van der Waals surface area contributed by atoms with Crippen LogP contribution in [0.2, 0.25) is 0 Å².